The van der Waals surface area contributed by atoms with Gasteiger partial charge in [-0.15, -0.1) is 0 Å². The van der Waals surface area contributed by atoms with E-state index in [0.717, 1.165) is 19.3 Å². The van der Waals surface area contributed by atoms with E-state index in [9.17, 15) is 5.11 Å². The van der Waals surface area contributed by atoms with Crippen LogP contribution in [0.15, 0.2) is 18.2 Å². The van der Waals surface area contributed by atoms with Gasteiger partial charge in [0, 0.05) is 0 Å². The highest BCUT2D eigenvalue weighted by Gasteiger charge is 2.20. The fourth-order valence-corrected chi connectivity index (χ4v) is 2.41. The van der Waals surface area contributed by atoms with Crippen molar-refractivity contribution in [3.8, 4) is 0 Å². The third-order valence-corrected chi connectivity index (χ3v) is 3.54. The number of rotatable bonds is 0. The molecule has 0 unspecified atom stereocenters. The van der Waals surface area contributed by atoms with Gasteiger partial charge < -0.3 is 5.11 Å². The van der Waals surface area contributed by atoms with Crippen LogP contribution in [0.1, 0.15) is 62.8 Å². The van der Waals surface area contributed by atoms with Crippen LogP contribution in [0.5, 0.6) is 0 Å². The molecule has 0 saturated heterocycles. The average molecular weight is 218 g/mol. The third kappa shape index (κ3) is 2.30. The number of fused-ring (bicyclic) bond motifs is 1. The quantitative estimate of drug-likeness (QED) is 0.658. The molecule has 16 heavy (non-hydrogen) atoms. The second-order valence-corrected chi connectivity index (χ2v) is 5.93. The van der Waals surface area contributed by atoms with E-state index in [1.165, 1.54) is 23.1 Å². The number of aliphatic hydroxyl groups is 1. The van der Waals surface area contributed by atoms with Crippen LogP contribution >= 0.6 is 0 Å². The van der Waals surface area contributed by atoms with Gasteiger partial charge in [0.15, 0.2) is 0 Å². The molecule has 0 amide bonds. The van der Waals surface area contributed by atoms with Crippen LogP contribution in [0.25, 0.3) is 0 Å². The van der Waals surface area contributed by atoms with Crippen LogP contribution in [0.2, 0.25) is 0 Å². The predicted octanol–water partition coefficient (Wildman–Crippen LogP) is 3.74. The molecule has 0 aliphatic heterocycles. The second kappa shape index (κ2) is 4.21. The molecule has 88 valence electrons. The molecule has 0 aromatic heterocycles. The Hall–Kier alpha value is -0.820. The first-order valence-corrected chi connectivity index (χ1v) is 6.30. The zero-order chi connectivity index (χ0) is 11.8. The topological polar surface area (TPSA) is 20.2 Å². The number of aryl methyl sites for hydroxylation is 1. The van der Waals surface area contributed by atoms with Crippen molar-refractivity contribution in [2.24, 2.45) is 0 Å². The number of benzene rings is 1. The smallest absolute Gasteiger partial charge is 0.0792 e. The van der Waals surface area contributed by atoms with Gasteiger partial charge in [0.05, 0.1) is 6.10 Å². The molecule has 1 heteroatoms. The summed E-state index contributed by atoms with van der Waals surface area (Å²) in [6.07, 6.45) is 4.14. The van der Waals surface area contributed by atoms with Gasteiger partial charge in [-0.2, -0.15) is 0 Å². The van der Waals surface area contributed by atoms with Gasteiger partial charge in [0.25, 0.3) is 0 Å². The third-order valence-electron chi connectivity index (χ3n) is 3.54. The lowest BCUT2D eigenvalue weighted by Crippen LogP contribution is -2.12. The molecule has 0 fully saturated rings. The molecule has 1 aromatic rings. The zero-order valence-electron chi connectivity index (χ0n) is 10.6. The van der Waals surface area contributed by atoms with E-state index in [-0.39, 0.29) is 11.5 Å². The Morgan fingerprint density at radius 3 is 2.62 bits per heavy atom. The van der Waals surface area contributed by atoms with Crippen molar-refractivity contribution in [2.45, 2.75) is 58.0 Å². The van der Waals surface area contributed by atoms with Crippen LogP contribution in [0.4, 0.5) is 0 Å². The molecule has 1 atom stereocenters. The van der Waals surface area contributed by atoms with Gasteiger partial charge >= 0.3 is 0 Å². The number of hydrogen-bond donors (Lipinski definition) is 1. The Morgan fingerprint density at radius 1 is 1.19 bits per heavy atom. The van der Waals surface area contributed by atoms with Gasteiger partial charge in [0.1, 0.15) is 0 Å². The maximum Gasteiger partial charge on any atom is 0.0792 e. The van der Waals surface area contributed by atoms with Crippen LogP contribution in [-0.4, -0.2) is 5.11 Å². The van der Waals surface area contributed by atoms with Gasteiger partial charge in [-0.1, -0.05) is 45.4 Å². The Morgan fingerprint density at radius 2 is 1.94 bits per heavy atom. The highest BCUT2D eigenvalue weighted by Crippen LogP contribution is 2.32. The summed E-state index contributed by atoms with van der Waals surface area (Å²) in [5.74, 6) is 0. The van der Waals surface area contributed by atoms with Crippen molar-refractivity contribution in [1.82, 2.24) is 0 Å². The SMILES string of the molecule is CC(C)(C)c1ccc2c(c1)[C@H](O)CCCC2. The van der Waals surface area contributed by atoms with E-state index >= 15 is 0 Å². The van der Waals surface area contributed by atoms with Crippen molar-refractivity contribution >= 4 is 0 Å². The molecule has 1 nitrogen and oxygen atoms in total. The molecule has 1 aromatic carbocycles. The largest absolute Gasteiger partial charge is 0.388 e. The maximum atomic E-state index is 10.1. The molecule has 0 radical (unpaired) electrons. The van der Waals surface area contributed by atoms with Gasteiger partial charge in [-0.3, -0.25) is 0 Å². The maximum absolute atomic E-state index is 10.1. The highest BCUT2D eigenvalue weighted by molar-refractivity contribution is 5.37. The lowest BCUT2D eigenvalue weighted by atomic mass is 9.84. The fraction of sp³-hybridized carbons (Fsp3) is 0.600. The Labute approximate surface area is 98.5 Å². The van der Waals surface area contributed by atoms with Crippen LogP contribution in [0, 0.1) is 0 Å². The predicted molar refractivity (Wildman–Crippen MR) is 67.7 cm³/mol. The molecule has 1 aliphatic carbocycles. The van der Waals surface area contributed by atoms with Gasteiger partial charge in [-0.05, 0) is 41.4 Å². The van der Waals surface area contributed by atoms with Crippen molar-refractivity contribution < 1.29 is 5.11 Å². The number of aliphatic hydroxyl groups excluding tert-OH is 1. The van der Waals surface area contributed by atoms with E-state index in [2.05, 4.69) is 39.0 Å². The van der Waals surface area contributed by atoms with Crippen molar-refractivity contribution in [3.63, 3.8) is 0 Å². The summed E-state index contributed by atoms with van der Waals surface area (Å²) in [7, 11) is 0. The zero-order valence-corrected chi connectivity index (χ0v) is 10.6. The Kier molecular flexibility index (Phi) is 3.07. The van der Waals surface area contributed by atoms with Crippen molar-refractivity contribution in [1.29, 1.82) is 0 Å². The standard InChI is InChI=1S/C15H22O/c1-15(2,3)12-9-8-11-6-4-5-7-14(16)13(11)10-12/h8-10,14,16H,4-7H2,1-3H3/t14-/m1/s1. The van der Waals surface area contributed by atoms with Crippen LogP contribution in [0.3, 0.4) is 0 Å². The first kappa shape index (κ1) is 11.7. The minimum atomic E-state index is -0.250. The van der Waals surface area contributed by atoms with E-state index in [0.29, 0.717) is 0 Å². The normalized spacial score (nSPS) is 21.4. The van der Waals surface area contributed by atoms with E-state index in [1.807, 2.05) is 0 Å². The minimum absolute atomic E-state index is 0.168. The molecule has 0 heterocycles. The molecular formula is C15H22O. The summed E-state index contributed by atoms with van der Waals surface area (Å²) in [5, 5.41) is 10.1. The Balaban J connectivity index is 2.43. The molecular weight excluding hydrogens is 196 g/mol. The summed E-state index contributed by atoms with van der Waals surface area (Å²) in [6, 6.07) is 6.65. The Bertz CT molecular complexity index is 374. The monoisotopic (exact) mass is 218 g/mol. The van der Waals surface area contributed by atoms with E-state index < -0.39 is 0 Å². The first-order chi connectivity index (χ1) is 7.48. The van der Waals surface area contributed by atoms with Crippen LogP contribution in [-0.2, 0) is 11.8 Å². The summed E-state index contributed by atoms with van der Waals surface area (Å²) < 4.78 is 0. The molecule has 1 N–H and O–H groups in total. The highest BCUT2D eigenvalue weighted by atomic mass is 16.3. The molecule has 0 spiro atoms. The average Bonchev–Trinajstić information content (AvgIpc) is 2.39. The fourth-order valence-electron chi connectivity index (χ4n) is 2.41. The lowest BCUT2D eigenvalue weighted by molar-refractivity contribution is 0.166. The summed E-state index contributed by atoms with van der Waals surface area (Å²) >= 11 is 0. The molecule has 1 aliphatic rings. The van der Waals surface area contributed by atoms with Gasteiger partial charge in [0.2, 0.25) is 0 Å². The second-order valence-electron chi connectivity index (χ2n) is 5.93. The van der Waals surface area contributed by atoms with E-state index in [1.54, 1.807) is 0 Å². The molecule has 0 saturated carbocycles. The number of hydrogen-bond acceptors (Lipinski definition) is 1. The van der Waals surface area contributed by atoms with Crippen LogP contribution < -0.4 is 0 Å². The summed E-state index contributed by atoms with van der Waals surface area (Å²) in [4.78, 5) is 0. The van der Waals surface area contributed by atoms with Gasteiger partial charge in [-0.25, -0.2) is 0 Å². The minimum Gasteiger partial charge on any atom is -0.388 e. The molecule has 0 bridgehead atoms. The van der Waals surface area contributed by atoms with Crippen molar-refractivity contribution in [3.05, 3.63) is 34.9 Å². The van der Waals surface area contributed by atoms with E-state index in [4.69, 9.17) is 0 Å². The summed E-state index contributed by atoms with van der Waals surface area (Å²) in [6.45, 7) is 6.66. The first-order valence-electron chi connectivity index (χ1n) is 6.30. The molecule has 2 rings (SSSR count). The lowest BCUT2D eigenvalue weighted by Gasteiger charge is -2.22. The van der Waals surface area contributed by atoms with Crippen molar-refractivity contribution in [2.75, 3.05) is 0 Å². The summed E-state index contributed by atoms with van der Waals surface area (Å²) in [5.41, 5.74) is 4.01.